The molecule has 0 spiro atoms. The Morgan fingerprint density at radius 2 is 1.89 bits per heavy atom. The Morgan fingerprint density at radius 1 is 1.26 bits per heavy atom. The molecule has 0 aliphatic heterocycles. The maximum atomic E-state index is 12.2. The van der Waals surface area contributed by atoms with Crippen LogP contribution in [0.3, 0.4) is 0 Å². The average Bonchev–Trinajstić information content (AvgIpc) is 2.27. The molecule has 0 aliphatic carbocycles. The van der Waals surface area contributed by atoms with Gasteiger partial charge in [0.25, 0.3) is 0 Å². The highest BCUT2D eigenvalue weighted by Crippen LogP contribution is 2.25. The fraction of sp³-hybridized carbons (Fsp3) is 0.538. The third kappa shape index (κ3) is 4.72. The van der Waals surface area contributed by atoms with Gasteiger partial charge in [-0.3, -0.25) is 0 Å². The normalized spacial score (nSPS) is 12.4. The van der Waals surface area contributed by atoms with E-state index in [0.29, 0.717) is 5.75 Å². The maximum Gasteiger partial charge on any atom is 0.182 e. The molecule has 1 rings (SSSR count). The van der Waals surface area contributed by atoms with Crippen LogP contribution in [0.4, 0.5) is 5.69 Å². The van der Waals surface area contributed by atoms with E-state index in [0.717, 1.165) is 0 Å². The minimum absolute atomic E-state index is 0.0874. The van der Waals surface area contributed by atoms with Crippen LogP contribution in [0.2, 0.25) is 0 Å². The first-order valence-electron chi connectivity index (χ1n) is 5.96. The molecule has 0 saturated carbocycles. The van der Waals surface area contributed by atoms with Gasteiger partial charge < -0.3 is 15.2 Å². The Morgan fingerprint density at radius 3 is 2.42 bits per heavy atom. The van der Waals surface area contributed by atoms with Gasteiger partial charge in [0.05, 0.1) is 35.7 Å². The molecular formula is C13H21NO4S. The van der Waals surface area contributed by atoms with E-state index in [2.05, 4.69) is 0 Å². The summed E-state index contributed by atoms with van der Waals surface area (Å²) in [7, 11) is -2.00. The van der Waals surface area contributed by atoms with E-state index < -0.39 is 9.84 Å². The van der Waals surface area contributed by atoms with Crippen molar-refractivity contribution >= 4 is 15.5 Å². The molecule has 0 aromatic heterocycles. The maximum absolute atomic E-state index is 12.2. The molecule has 0 radical (unpaired) electrons. The van der Waals surface area contributed by atoms with Gasteiger partial charge >= 0.3 is 0 Å². The predicted octanol–water partition coefficient (Wildman–Crippen LogP) is 1.87. The van der Waals surface area contributed by atoms with Crippen molar-refractivity contribution in [1.29, 1.82) is 0 Å². The number of anilines is 1. The third-order valence-corrected chi connectivity index (χ3v) is 4.17. The molecule has 1 aromatic carbocycles. The van der Waals surface area contributed by atoms with Crippen molar-refractivity contribution in [2.45, 2.75) is 31.3 Å². The first kappa shape index (κ1) is 15.8. The fourth-order valence-electron chi connectivity index (χ4n) is 1.48. The number of benzene rings is 1. The summed E-state index contributed by atoms with van der Waals surface area (Å²) in [6.45, 7) is 5.75. The lowest BCUT2D eigenvalue weighted by Gasteiger charge is -2.19. The van der Waals surface area contributed by atoms with Crippen LogP contribution in [0.15, 0.2) is 23.1 Å². The minimum atomic E-state index is -3.48. The van der Waals surface area contributed by atoms with E-state index in [-0.39, 0.29) is 28.5 Å². The summed E-state index contributed by atoms with van der Waals surface area (Å²) < 4.78 is 34.8. The van der Waals surface area contributed by atoms with Crippen LogP contribution >= 0.6 is 0 Å². The number of sulfone groups is 1. The zero-order valence-corrected chi connectivity index (χ0v) is 12.6. The van der Waals surface area contributed by atoms with Gasteiger partial charge in [-0.2, -0.15) is 0 Å². The quantitative estimate of drug-likeness (QED) is 0.836. The smallest absolute Gasteiger partial charge is 0.182 e. The molecule has 0 amide bonds. The summed E-state index contributed by atoms with van der Waals surface area (Å²) in [6.07, 6.45) is 0. The molecule has 108 valence electrons. The monoisotopic (exact) mass is 287 g/mol. The van der Waals surface area contributed by atoms with Crippen molar-refractivity contribution in [1.82, 2.24) is 0 Å². The van der Waals surface area contributed by atoms with Gasteiger partial charge in [-0.05, 0) is 32.9 Å². The Labute approximate surface area is 114 Å². The number of nitrogen functional groups attached to an aromatic ring is 1. The van der Waals surface area contributed by atoms with E-state index in [1.54, 1.807) is 6.07 Å². The van der Waals surface area contributed by atoms with E-state index in [9.17, 15) is 8.42 Å². The molecule has 0 saturated heterocycles. The fourth-order valence-corrected chi connectivity index (χ4v) is 2.72. The summed E-state index contributed by atoms with van der Waals surface area (Å²) in [4.78, 5) is 0.0874. The minimum Gasteiger partial charge on any atom is -0.497 e. The van der Waals surface area contributed by atoms with E-state index >= 15 is 0 Å². The molecule has 6 heteroatoms. The standard InChI is InChI=1S/C13H21NO4S/c1-13(2,3)18-7-8-19(15,16)12-9-10(17-4)5-6-11(12)14/h5-6,9H,7-8,14H2,1-4H3. The molecule has 0 atom stereocenters. The van der Waals surface area contributed by atoms with Crippen LogP contribution in [0.1, 0.15) is 20.8 Å². The Kier molecular flexibility index (Phi) is 4.81. The molecule has 19 heavy (non-hydrogen) atoms. The molecular weight excluding hydrogens is 266 g/mol. The lowest BCUT2D eigenvalue weighted by atomic mass is 10.2. The van der Waals surface area contributed by atoms with E-state index in [1.165, 1.54) is 19.2 Å². The number of methoxy groups -OCH3 is 1. The van der Waals surface area contributed by atoms with Crippen molar-refractivity contribution in [3.05, 3.63) is 18.2 Å². The summed E-state index contributed by atoms with van der Waals surface area (Å²) in [5.74, 6) is 0.353. The van der Waals surface area contributed by atoms with Crippen LogP contribution < -0.4 is 10.5 Å². The zero-order valence-electron chi connectivity index (χ0n) is 11.8. The number of nitrogens with two attached hydrogens (primary N) is 1. The molecule has 1 aromatic rings. The average molecular weight is 287 g/mol. The SMILES string of the molecule is COc1ccc(N)c(S(=O)(=O)CCOC(C)(C)C)c1. The number of rotatable bonds is 5. The zero-order chi connectivity index (χ0) is 14.7. The van der Waals surface area contributed by atoms with Crippen molar-refractivity contribution in [2.24, 2.45) is 0 Å². The number of hydrogen-bond donors (Lipinski definition) is 1. The molecule has 5 nitrogen and oxygen atoms in total. The second-order valence-electron chi connectivity index (χ2n) is 5.18. The van der Waals surface area contributed by atoms with Crippen LogP contribution in [-0.4, -0.2) is 33.5 Å². The van der Waals surface area contributed by atoms with Crippen LogP contribution in [0.25, 0.3) is 0 Å². The predicted molar refractivity (Wildman–Crippen MR) is 75.2 cm³/mol. The number of ether oxygens (including phenoxy) is 2. The molecule has 0 fully saturated rings. The van der Waals surface area contributed by atoms with Gasteiger partial charge in [-0.1, -0.05) is 0 Å². The second kappa shape index (κ2) is 5.79. The lowest BCUT2D eigenvalue weighted by Crippen LogP contribution is -2.24. The summed E-state index contributed by atoms with van der Waals surface area (Å²) in [5, 5.41) is 0. The van der Waals surface area contributed by atoms with E-state index in [4.69, 9.17) is 15.2 Å². The highest BCUT2D eigenvalue weighted by molar-refractivity contribution is 7.91. The largest absolute Gasteiger partial charge is 0.497 e. The molecule has 0 heterocycles. The van der Waals surface area contributed by atoms with Crippen molar-refractivity contribution < 1.29 is 17.9 Å². The van der Waals surface area contributed by atoms with Gasteiger partial charge in [-0.25, -0.2) is 8.42 Å². The lowest BCUT2D eigenvalue weighted by molar-refractivity contribution is 0.00645. The van der Waals surface area contributed by atoms with Crippen LogP contribution in [0, 0.1) is 0 Å². The molecule has 0 bridgehead atoms. The summed E-state index contributed by atoms with van der Waals surface area (Å²) in [5.41, 5.74) is 5.57. The molecule has 2 N–H and O–H groups in total. The van der Waals surface area contributed by atoms with Crippen molar-refractivity contribution in [3.63, 3.8) is 0 Å². The first-order valence-corrected chi connectivity index (χ1v) is 7.61. The van der Waals surface area contributed by atoms with E-state index in [1.807, 2.05) is 20.8 Å². The number of hydrogen-bond acceptors (Lipinski definition) is 5. The van der Waals surface area contributed by atoms with Gasteiger partial charge in [0.2, 0.25) is 0 Å². The van der Waals surface area contributed by atoms with Crippen molar-refractivity contribution in [2.75, 3.05) is 25.2 Å². The van der Waals surface area contributed by atoms with Gasteiger partial charge in [0.15, 0.2) is 9.84 Å². The highest BCUT2D eigenvalue weighted by Gasteiger charge is 2.20. The Balaban J connectivity index is 2.88. The molecule has 0 unspecified atom stereocenters. The third-order valence-electron chi connectivity index (χ3n) is 2.44. The second-order valence-corrected chi connectivity index (χ2v) is 7.26. The highest BCUT2D eigenvalue weighted by atomic mass is 32.2. The van der Waals surface area contributed by atoms with Crippen LogP contribution in [-0.2, 0) is 14.6 Å². The topological polar surface area (TPSA) is 78.6 Å². The van der Waals surface area contributed by atoms with Gasteiger partial charge in [-0.15, -0.1) is 0 Å². The van der Waals surface area contributed by atoms with Crippen LogP contribution in [0.5, 0.6) is 5.75 Å². The summed E-state index contributed by atoms with van der Waals surface area (Å²) >= 11 is 0. The summed E-state index contributed by atoms with van der Waals surface area (Å²) in [6, 6.07) is 4.58. The van der Waals surface area contributed by atoms with Gasteiger partial charge in [0.1, 0.15) is 5.75 Å². The first-order chi connectivity index (χ1) is 8.65. The Bertz CT molecular complexity index is 532. The molecule has 0 aliphatic rings. The Hall–Kier alpha value is -1.27. The van der Waals surface area contributed by atoms with Gasteiger partial charge in [0, 0.05) is 6.07 Å². The van der Waals surface area contributed by atoms with Crippen molar-refractivity contribution in [3.8, 4) is 5.75 Å².